The largest absolute Gasteiger partial charge is 0.295 e. The van der Waals surface area contributed by atoms with Crippen LogP contribution in [-0.2, 0) is 4.79 Å². The van der Waals surface area contributed by atoms with E-state index in [0.29, 0.717) is 12.2 Å². The molecule has 0 fully saturated rings. The summed E-state index contributed by atoms with van der Waals surface area (Å²) in [4.78, 5) is 11.7. The molecule has 1 nitrogen and oxygen atoms in total. The SMILES string of the molecule is C=C(C)CCC(=O)C1=CCC(C)CC1. The summed E-state index contributed by atoms with van der Waals surface area (Å²) in [6.07, 6.45) is 6.85. The maximum atomic E-state index is 11.7. The van der Waals surface area contributed by atoms with Crippen molar-refractivity contribution in [3.05, 3.63) is 23.8 Å². The van der Waals surface area contributed by atoms with Crippen LogP contribution in [0, 0.1) is 5.92 Å². The predicted molar refractivity (Wildman–Crippen MR) is 60.2 cm³/mol. The van der Waals surface area contributed by atoms with Gasteiger partial charge in [0.1, 0.15) is 0 Å². The highest BCUT2D eigenvalue weighted by Gasteiger charge is 2.15. The predicted octanol–water partition coefficient (Wildman–Crippen LogP) is 3.66. The van der Waals surface area contributed by atoms with Crippen LogP contribution in [0.25, 0.3) is 0 Å². The minimum Gasteiger partial charge on any atom is -0.295 e. The zero-order valence-corrected chi connectivity index (χ0v) is 9.31. The molecule has 1 heteroatoms. The quantitative estimate of drug-likeness (QED) is 0.621. The Morgan fingerprint density at radius 1 is 1.57 bits per heavy atom. The smallest absolute Gasteiger partial charge is 0.158 e. The van der Waals surface area contributed by atoms with E-state index < -0.39 is 0 Å². The molecule has 1 unspecified atom stereocenters. The first-order valence-electron chi connectivity index (χ1n) is 5.46. The van der Waals surface area contributed by atoms with Crippen LogP contribution in [0.2, 0.25) is 0 Å². The third-order valence-electron chi connectivity index (χ3n) is 2.81. The molecule has 1 atom stereocenters. The number of carbonyl (C=O) groups is 1. The van der Waals surface area contributed by atoms with Crippen LogP contribution in [0.4, 0.5) is 0 Å². The second-order valence-electron chi connectivity index (χ2n) is 4.49. The monoisotopic (exact) mass is 192 g/mol. The van der Waals surface area contributed by atoms with Gasteiger partial charge in [0, 0.05) is 6.42 Å². The van der Waals surface area contributed by atoms with Crippen LogP contribution in [0.5, 0.6) is 0 Å². The third-order valence-corrected chi connectivity index (χ3v) is 2.81. The summed E-state index contributed by atoms with van der Waals surface area (Å²) in [7, 11) is 0. The van der Waals surface area contributed by atoms with Gasteiger partial charge in [-0.2, -0.15) is 0 Å². The standard InChI is InChI=1S/C13H20O/c1-10(2)4-9-13(14)12-7-5-11(3)6-8-12/h7,11H,1,4-6,8-9H2,2-3H3. The maximum Gasteiger partial charge on any atom is 0.158 e. The van der Waals surface area contributed by atoms with Crippen LogP contribution in [-0.4, -0.2) is 5.78 Å². The topological polar surface area (TPSA) is 17.1 Å². The fourth-order valence-corrected chi connectivity index (χ4v) is 1.71. The van der Waals surface area contributed by atoms with Gasteiger partial charge < -0.3 is 0 Å². The summed E-state index contributed by atoms with van der Waals surface area (Å²) in [5, 5.41) is 0. The highest BCUT2D eigenvalue weighted by molar-refractivity contribution is 5.95. The average molecular weight is 192 g/mol. The van der Waals surface area contributed by atoms with Crippen molar-refractivity contribution in [3.8, 4) is 0 Å². The molecule has 0 N–H and O–H groups in total. The van der Waals surface area contributed by atoms with E-state index >= 15 is 0 Å². The molecule has 78 valence electrons. The highest BCUT2D eigenvalue weighted by atomic mass is 16.1. The summed E-state index contributed by atoms with van der Waals surface area (Å²) >= 11 is 0. The molecule has 0 saturated carbocycles. The number of carbonyl (C=O) groups excluding carboxylic acids is 1. The van der Waals surface area contributed by atoms with Crippen molar-refractivity contribution in [1.29, 1.82) is 0 Å². The molecule has 0 aromatic rings. The van der Waals surface area contributed by atoms with Gasteiger partial charge in [-0.1, -0.05) is 18.6 Å². The van der Waals surface area contributed by atoms with Crippen molar-refractivity contribution < 1.29 is 4.79 Å². The Morgan fingerprint density at radius 3 is 2.79 bits per heavy atom. The van der Waals surface area contributed by atoms with E-state index in [9.17, 15) is 4.79 Å². The Hall–Kier alpha value is -0.850. The van der Waals surface area contributed by atoms with Gasteiger partial charge in [0.05, 0.1) is 0 Å². The molecular formula is C13H20O. The Bertz CT molecular complexity index is 260. The van der Waals surface area contributed by atoms with Crippen LogP contribution in [0.3, 0.4) is 0 Å². The summed E-state index contributed by atoms with van der Waals surface area (Å²) < 4.78 is 0. The molecule has 0 aromatic carbocycles. The van der Waals surface area contributed by atoms with Crippen molar-refractivity contribution in [3.63, 3.8) is 0 Å². The first-order valence-corrected chi connectivity index (χ1v) is 5.46. The van der Waals surface area contributed by atoms with Crippen molar-refractivity contribution >= 4 is 5.78 Å². The van der Waals surface area contributed by atoms with Crippen molar-refractivity contribution in [2.24, 2.45) is 5.92 Å². The van der Waals surface area contributed by atoms with E-state index in [0.717, 1.165) is 36.3 Å². The zero-order chi connectivity index (χ0) is 10.6. The summed E-state index contributed by atoms with van der Waals surface area (Å²) in [6, 6.07) is 0. The molecule has 1 aliphatic rings. The summed E-state index contributed by atoms with van der Waals surface area (Å²) in [6.45, 7) is 8.03. The second kappa shape index (κ2) is 5.14. The molecular weight excluding hydrogens is 172 g/mol. The third kappa shape index (κ3) is 3.49. The molecule has 0 amide bonds. The molecule has 0 aliphatic heterocycles. The van der Waals surface area contributed by atoms with E-state index in [1.54, 1.807) is 0 Å². The molecule has 0 saturated heterocycles. The van der Waals surface area contributed by atoms with Gasteiger partial charge in [-0.3, -0.25) is 4.79 Å². The van der Waals surface area contributed by atoms with Crippen LogP contribution in [0.1, 0.15) is 46.0 Å². The number of allylic oxidation sites excluding steroid dienone is 3. The Labute approximate surface area is 86.9 Å². The maximum absolute atomic E-state index is 11.7. The molecule has 1 aliphatic carbocycles. The number of ketones is 1. The van der Waals surface area contributed by atoms with Gasteiger partial charge in [0.25, 0.3) is 0 Å². The zero-order valence-electron chi connectivity index (χ0n) is 9.31. The minimum atomic E-state index is 0.333. The first-order chi connectivity index (χ1) is 6.59. The molecule has 0 radical (unpaired) electrons. The molecule has 0 heterocycles. The summed E-state index contributed by atoms with van der Waals surface area (Å²) in [5.41, 5.74) is 2.16. The van der Waals surface area contributed by atoms with Gasteiger partial charge >= 0.3 is 0 Å². The van der Waals surface area contributed by atoms with E-state index in [1.165, 1.54) is 6.42 Å². The van der Waals surface area contributed by atoms with Crippen molar-refractivity contribution in [2.75, 3.05) is 0 Å². The lowest BCUT2D eigenvalue weighted by molar-refractivity contribution is -0.115. The molecule has 14 heavy (non-hydrogen) atoms. The van der Waals surface area contributed by atoms with Crippen molar-refractivity contribution in [1.82, 2.24) is 0 Å². The highest BCUT2D eigenvalue weighted by Crippen LogP contribution is 2.24. The van der Waals surface area contributed by atoms with Crippen LogP contribution in [0.15, 0.2) is 23.8 Å². The lowest BCUT2D eigenvalue weighted by Crippen LogP contribution is -2.09. The Kier molecular flexibility index (Phi) is 4.12. The van der Waals surface area contributed by atoms with E-state index in [1.807, 2.05) is 6.92 Å². The number of hydrogen-bond acceptors (Lipinski definition) is 1. The molecule has 0 aromatic heterocycles. The lowest BCUT2D eigenvalue weighted by Gasteiger charge is -2.17. The van der Waals surface area contributed by atoms with Gasteiger partial charge in [0.15, 0.2) is 5.78 Å². The van der Waals surface area contributed by atoms with Gasteiger partial charge in [-0.15, -0.1) is 6.58 Å². The minimum absolute atomic E-state index is 0.333. The van der Waals surface area contributed by atoms with Crippen molar-refractivity contribution in [2.45, 2.75) is 46.0 Å². The van der Waals surface area contributed by atoms with E-state index in [4.69, 9.17) is 0 Å². The first kappa shape index (κ1) is 11.2. The van der Waals surface area contributed by atoms with Gasteiger partial charge in [-0.25, -0.2) is 0 Å². The van der Waals surface area contributed by atoms with E-state index in [2.05, 4.69) is 19.6 Å². The number of hydrogen-bond donors (Lipinski definition) is 0. The fourth-order valence-electron chi connectivity index (χ4n) is 1.71. The van der Waals surface area contributed by atoms with Gasteiger partial charge in [-0.05, 0) is 44.1 Å². The average Bonchev–Trinajstić information content (AvgIpc) is 2.15. The van der Waals surface area contributed by atoms with Crippen LogP contribution < -0.4 is 0 Å². The van der Waals surface area contributed by atoms with E-state index in [-0.39, 0.29) is 0 Å². The normalized spacial score (nSPS) is 21.6. The molecule has 1 rings (SSSR count). The summed E-state index contributed by atoms with van der Waals surface area (Å²) in [5.74, 6) is 1.09. The van der Waals surface area contributed by atoms with Gasteiger partial charge in [0.2, 0.25) is 0 Å². The van der Waals surface area contributed by atoms with Crippen LogP contribution >= 0.6 is 0 Å². The Morgan fingerprint density at radius 2 is 2.29 bits per heavy atom. The molecule has 0 spiro atoms. The lowest BCUT2D eigenvalue weighted by atomic mass is 9.88. The fraction of sp³-hybridized carbons (Fsp3) is 0.615. The molecule has 0 bridgehead atoms. The number of Topliss-reactive ketones (excluding diaryl/α,β-unsaturated/α-hetero) is 1. The Balaban J connectivity index is 2.41. The number of rotatable bonds is 4. The second-order valence-corrected chi connectivity index (χ2v) is 4.49.